The summed E-state index contributed by atoms with van der Waals surface area (Å²) in [7, 11) is 5.55. The van der Waals surface area contributed by atoms with Crippen molar-refractivity contribution in [1.82, 2.24) is 20.2 Å². The lowest BCUT2D eigenvalue weighted by atomic mass is 9.40. The molecule has 8 fully saturated rings. The Kier molecular flexibility index (Phi) is 14.3. The number of nitrogens with one attached hydrogen (secondary N) is 2. The summed E-state index contributed by atoms with van der Waals surface area (Å²) in [6, 6.07) is 0.118. The number of aliphatic imine (C=N–C) groups is 1. The van der Waals surface area contributed by atoms with Crippen molar-refractivity contribution in [2.45, 2.75) is 185 Å². The minimum Gasteiger partial charge on any atom is -0.396 e. The topological polar surface area (TPSA) is 219 Å². The Hall–Kier alpha value is -2.21. The highest BCUT2D eigenvalue weighted by Gasteiger charge is 2.75. The first-order valence-electron chi connectivity index (χ1n) is 30.1. The zero-order chi connectivity index (χ0) is 53.4. The van der Waals surface area contributed by atoms with Crippen molar-refractivity contribution in [3.05, 3.63) is 52.7 Å². The third kappa shape index (κ3) is 8.17. The van der Waals surface area contributed by atoms with Crippen LogP contribution in [0.1, 0.15) is 150 Å². The van der Waals surface area contributed by atoms with E-state index in [2.05, 4.69) is 54.1 Å². The summed E-state index contributed by atoms with van der Waals surface area (Å²) >= 11 is 0. The smallest absolute Gasteiger partial charge is 0.190 e. The number of aliphatic hydroxyl groups is 6. The lowest BCUT2D eigenvalue weighted by Gasteiger charge is -2.65. The number of fused-ring (bicyclic) bond motifs is 14. The SMILES string of the molecule is CNC[C@@H]1[C@@H](O)[C@@H](O)C[C@]2(C)[C@@H]3C(=CC(=O)[C@H]12)[C@]1(O)[C@@H]2C[C@H]([C@@H]4C[C@H]5CCCC6=C5[C@H](C(=C5C[C@@H]7CC[C@@H]8CCC[C@]8(C7)[C@H]65)C(C)(C)C[C@@H](n5ccnc5)CSS[C@@H]2CCCO)[C@H]4O)[C@@]1(C)C[C@@H]3CN=C(N)N[C@@H](C)O. The van der Waals surface area contributed by atoms with Crippen LogP contribution in [-0.4, -0.2) is 120 Å². The van der Waals surface area contributed by atoms with Gasteiger partial charge in [0.15, 0.2) is 11.7 Å². The maximum absolute atomic E-state index is 15.4. The molecule has 1 aromatic heterocycles. The Labute approximate surface area is 460 Å². The van der Waals surface area contributed by atoms with Gasteiger partial charge in [-0.1, -0.05) is 78.0 Å². The first kappa shape index (κ1) is 54.4. The Bertz CT molecular complexity index is 2520. The predicted octanol–water partition coefficient (Wildman–Crippen LogP) is 7.73. The van der Waals surface area contributed by atoms with Gasteiger partial charge in [0.25, 0.3) is 0 Å². The third-order valence-corrected chi connectivity index (χ3v) is 26.9. The molecule has 76 heavy (non-hydrogen) atoms. The zero-order valence-corrected chi connectivity index (χ0v) is 48.0. The van der Waals surface area contributed by atoms with Crippen LogP contribution in [0, 0.1) is 92.7 Å². The molecule has 7 saturated carbocycles. The Morgan fingerprint density at radius 1 is 1.00 bits per heavy atom. The van der Waals surface area contributed by atoms with E-state index in [0.29, 0.717) is 55.4 Å². The largest absolute Gasteiger partial charge is 0.396 e. The number of allylic oxidation sites excluding steroid dienone is 3. The number of nitrogens with zero attached hydrogens (tertiary/aromatic N) is 3. The van der Waals surface area contributed by atoms with Crippen LogP contribution in [0.5, 0.6) is 0 Å². The number of carbonyl (C=O) groups is 1. The molecule has 0 unspecified atom stereocenters. The molecule has 0 aromatic carbocycles. The first-order valence-corrected chi connectivity index (χ1v) is 32.4. The minimum atomic E-state index is -1.50. The van der Waals surface area contributed by atoms with Gasteiger partial charge in [0.1, 0.15) is 6.23 Å². The second-order valence-corrected chi connectivity index (χ2v) is 30.8. The molecule has 0 amide bonds. The molecule has 2 heterocycles. The van der Waals surface area contributed by atoms with Gasteiger partial charge in [-0.2, -0.15) is 0 Å². The maximum atomic E-state index is 15.4. The quantitative estimate of drug-likeness (QED) is 0.0381. The summed E-state index contributed by atoms with van der Waals surface area (Å²) in [6.07, 6.45) is 21.1. The normalized spacial score (nSPS) is 47.9. The van der Waals surface area contributed by atoms with E-state index < -0.39 is 58.7 Å². The highest BCUT2D eigenvalue weighted by Crippen LogP contribution is 2.76. The van der Waals surface area contributed by atoms with Crippen molar-refractivity contribution in [3.63, 3.8) is 0 Å². The number of imidazole rings is 1. The molecule has 11 aliphatic rings. The Balaban J connectivity index is 1.07. The molecule has 12 rings (SSSR count). The van der Waals surface area contributed by atoms with Crippen molar-refractivity contribution < 1.29 is 35.4 Å². The van der Waals surface area contributed by atoms with Crippen LogP contribution in [0.2, 0.25) is 0 Å². The van der Waals surface area contributed by atoms with E-state index in [4.69, 9.17) is 10.7 Å². The molecule has 15 heteroatoms. The summed E-state index contributed by atoms with van der Waals surface area (Å²) in [6.45, 7) is 11.7. The van der Waals surface area contributed by atoms with Crippen LogP contribution in [0.3, 0.4) is 0 Å². The molecule has 22 atom stereocenters. The van der Waals surface area contributed by atoms with Crippen LogP contribution < -0.4 is 16.4 Å². The van der Waals surface area contributed by atoms with E-state index in [0.717, 1.165) is 49.3 Å². The number of hydrogen-bond donors (Lipinski definition) is 9. The first-order chi connectivity index (χ1) is 36.3. The second kappa shape index (κ2) is 20.0. The standard InChI is InChI=1S/C61H92N6O7S2/c1-32(69)66-56(62)65-28-35-25-59(5)42-22-43(61(59,74)44-23-45(70)52-41(29-63-6)54(72)46(71)27-58(52,4)50(35)44)47(13-9-19-68)76-75-30-37(67-18-17-64-31-67)26-57(2,3)53-40-20-33-14-15-36-11-8-16-60(36,24-33)51(40)38-12-7-10-34-21-39(42)55(73)49(53)48(34)38/h17-18,23,31-37,39,41-43,46-47,49-52,54-55,63,68-69,71-74H,7-16,19-22,24-30H2,1-6H3,(H3,62,65,66)/t32-,33+,34-,35-,36+,37-,39+,41+,42-,43-,46+,47-,49-,50+,51-,52+,54-,55+,58-,59-,60-,61-/m1/s1. The fourth-order valence-electron chi connectivity index (χ4n) is 21.7. The number of rotatable bonds is 9. The fraction of sp³-hybridized carbons (Fsp3) is 0.820. The maximum Gasteiger partial charge on any atom is 0.190 e. The average molecular weight is 1090 g/mol. The van der Waals surface area contributed by atoms with E-state index in [-0.39, 0.29) is 77.6 Å². The number of guanidine groups is 1. The number of carbonyl (C=O) groups excluding carboxylic acids is 1. The van der Waals surface area contributed by atoms with E-state index in [1.54, 1.807) is 35.3 Å². The lowest BCUT2D eigenvalue weighted by molar-refractivity contribution is -0.184. The molecular formula is C61H92N6O7S2. The van der Waals surface area contributed by atoms with E-state index >= 15 is 9.90 Å². The van der Waals surface area contributed by atoms with Gasteiger partial charge in [-0.15, -0.1) is 0 Å². The van der Waals surface area contributed by atoms with Gasteiger partial charge in [-0.05, 0) is 186 Å². The minimum absolute atomic E-state index is 0.0293. The number of hydrogen-bond acceptors (Lipinski definition) is 12. The van der Waals surface area contributed by atoms with Crippen molar-refractivity contribution in [2.24, 2.45) is 103 Å². The molecule has 1 aromatic rings. The zero-order valence-electron chi connectivity index (χ0n) is 46.4. The van der Waals surface area contributed by atoms with Gasteiger partial charge < -0.3 is 51.6 Å². The second-order valence-electron chi connectivity index (χ2n) is 28.1. The summed E-state index contributed by atoms with van der Waals surface area (Å²) < 4.78 is 2.32. The predicted molar refractivity (Wildman–Crippen MR) is 300 cm³/mol. The molecule has 6 bridgehead atoms. The van der Waals surface area contributed by atoms with Gasteiger partial charge >= 0.3 is 0 Å². The average Bonchev–Trinajstić information content (AvgIpc) is 4.23. The third-order valence-electron chi connectivity index (χ3n) is 23.9. The monoisotopic (exact) mass is 1080 g/mol. The van der Waals surface area contributed by atoms with E-state index in [1.807, 2.05) is 41.2 Å². The molecule has 1 saturated heterocycles. The molecule has 10 N–H and O–H groups in total. The molecular weight excluding hydrogens is 993 g/mol. The number of aromatic nitrogens is 2. The van der Waals surface area contributed by atoms with Gasteiger partial charge in [0.2, 0.25) is 0 Å². The molecule has 13 nitrogen and oxygen atoms in total. The van der Waals surface area contributed by atoms with Gasteiger partial charge in [0, 0.05) is 84.1 Å². The summed E-state index contributed by atoms with van der Waals surface area (Å²) in [5, 5.41) is 79.9. The van der Waals surface area contributed by atoms with Crippen molar-refractivity contribution in [3.8, 4) is 0 Å². The van der Waals surface area contributed by atoms with E-state index in [1.165, 1.54) is 44.9 Å². The molecule has 1 aliphatic heterocycles. The summed E-state index contributed by atoms with van der Waals surface area (Å²) in [4.78, 5) is 25.0. The number of nitrogens with two attached hydrogens (primary N) is 1. The molecule has 10 aliphatic carbocycles. The molecule has 1 spiro atoms. The van der Waals surface area contributed by atoms with Crippen molar-refractivity contribution in [2.75, 3.05) is 32.5 Å². The Morgan fingerprint density at radius 3 is 2.57 bits per heavy atom. The van der Waals surface area contributed by atoms with Gasteiger partial charge in [0.05, 0.1) is 30.2 Å². The number of aliphatic hydroxyl groups excluding tert-OH is 5. The highest BCUT2D eigenvalue weighted by molar-refractivity contribution is 8.76. The summed E-state index contributed by atoms with van der Waals surface area (Å²) in [5.74, 6) is 0.584. The lowest BCUT2D eigenvalue weighted by Crippen LogP contribution is -2.68. The molecule has 420 valence electrons. The summed E-state index contributed by atoms with van der Waals surface area (Å²) in [5.41, 5.74) is 10.7. The van der Waals surface area contributed by atoms with Gasteiger partial charge in [-0.3, -0.25) is 9.79 Å². The van der Waals surface area contributed by atoms with Crippen LogP contribution in [0.4, 0.5) is 0 Å². The number of ketones is 1. The highest BCUT2D eigenvalue weighted by atomic mass is 33.1. The Morgan fingerprint density at radius 2 is 1.82 bits per heavy atom. The van der Waals surface area contributed by atoms with Crippen molar-refractivity contribution >= 4 is 33.3 Å². The van der Waals surface area contributed by atoms with Gasteiger partial charge in [-0.25, -0.2) is 4.98 Å². The van der Waals surface area contributed by atoms with Crippen LogP contribution >= 0.6 is 21.6 Å². The fourth-order valence-corrected chi connectivity index (χ4v) is 25.1. The van der Waals surface area contributed by atoms with Crippen molar-refractivity contribution in [1.29, 1.82) is 0 Å². The molecule has 0 radical (unpaired) electrons. The van der Waals surface area contributed by atoms with Crippen LogP contribution in [-0.2, 0) is 4.79 Å². The van der Waals surface area contributed by atoms with Crippen LogP contribution in [0.15, 0.2) is 57.7 Å². The van der Waals surface area contributed by atoms with Crippen LogP contribution in [0.25, 0.3) is 0 Å². The van der Waals surface area contributed by atoms with E-state index in [9.17, 15) is 25.5 Å².